The van der Waals surface area contributed by atoms with Crippen molar-refractivity contribution in [1.82, 2.24) is 4.90 Å². The van der Waals surface area contributed by atoms with Gasteiger partial charge in [-0.25, -0.2) is 0 Å². The van der Waals surface area contributed by atoms with Gasteiger partial charge in [-0.3, -0.25) is 4.79 Å². The summed E-state index contributed by atoms with van der Waals surface area (Å²) in [5.41, 5.74) is 5.93. The first-order chi connectivity index (χ1) is 8.04. The van der Waals surface area contributed by atoms with Gasteiger partial charge in [-0.1, -0.05) is 13.8 Å². The maximum atomic E-state index is 12.0. The van der Waals surface area contributed by atoms with Gasteiger partial charge in [-0.05, 0) is 24.7 Å². The Labute approximate surface area is 104 Å². The van der Waals surface area contributed by atoms with Gasteiger partial charge in [0.05, 0.1) is 0 Å². The molecule has 2 N–H and O–H groups in total. The number of nitrogens with zero attached hydrogens (tertiary/aromatic N) is 1. The molecule has 1 fully saturated rings. The molecular formula is C13H26N2O2. The molecule has 1 unspecified atom stereocenters. The van der Waals surface area contributed by atoms with Gasteiger partial charge < -0.3 is 15.4 Å². The van der Waals surface area contributed by atoms with E-state index in [1.807, 2.05) is 4.90 Å². The summed E-state index contributed by atoms with van der Waals surface area (Å²) in [4.78, 5) is 13.9. The van der Waals surface area contributed by atoms with E-state index < -0.39 is 0 Å². The van der Waals surface area contributed by atoms with Crippen LogP contribution >= 0.6 is 0 Å². The van der Waals surface area contributed by atoms with E-state index in [4.69, 9.17) is 10.5 Å². The first-order valence-corrected chi connectivity index (χ1v) is 6.57. The molecule has 4 heteroatoms. The normalized spacial score (nSPS) is 19.7. The Hall–Kier alpha value is -0.610. The summed E-state index contributed by atoms with van der Waals surface area (Å²) in [7, 11) is 1.74. The summed E-state index contributed by atoms with van der Waals surface area (Å²) in [5.74, 6) is 1.19. The fraction of sp³-hybridized carbons (Fsp3) is 0.923. The maximum Gasteiger partial charge on any atom is 0.224 e. The van der Waals surface area contributed by atoms with Gasteiger partial charge in [0.15, 0.2) is 0 Å². The van der Waals surface area contributed by atoms with Crippen molar-refractivity contribution in [2.75, 3.05) is 26.8 Å². The monoisotopic (exact) mass is 242 g/mol. The van der Waals surface area contributed by atoms with Crippen LogP contribution in [0.1, 0.15) is 33.1 Å². The third-order valence-corrected chi connectivity index (χ3v) is 3.64. The molecule has 100 valence electrons. The van der Waals surface area contributed by atoms with Crippen molar-refractivity contribution in [2.24, 2.45) is 17.6 Å². The number of methoxy groups -OCH3 is 1. The van der Waals surface area contributed by atoms with Gasteiger partial charge in [0.2, 0.25) is 5.91 Å². The zero-order chi connectivity index (χ0) is 12.8. The fourth-order valence-corrected chi connectivity index (χ4v) is 2.15. The largest absolute Gasteiger partial charge is 0.384 e. The van der Waals surface area contributed by atoms with Gasteiger partial charge in [-0.15, -0.1) is 0 Å². The number of amides is 1. The maximum absolute atomic E-state index is 12.0. The lowest BCUT2D eigenvalue weighted by atomic mass is 9.96. The fourth-order valence-electron chi connectivity index (χ4n) is 2.15. The molecule has 0 aromatic heterocycles. The summed E-state index contributed by atoms with van der Waals surface area (Å²) in [6, 6.07) is -0.0146. The lowest BCUT2D eigenvalue weighted by Gasteiger charge is -2.32. The van der Waals surface area contributed by atoms with E-state index in [9.17, 15) is 4.79 Å². The predicted octanol–water partition coefficient (Wildman–Crippen LogP) is 1.24. The lowest BCUT2D eigenvalue weighted by Crippen LogP contribution is -2.42. The first kappa shape index (κ1) is 14.5. The second-order valence-electron chi connectivity index (χ2n) is 5.39. The third kappa shape index (κ3) is 4.64. The molecule has 1 amide bonds. The summed E-state index contributed by atoms with van der Waals surface area (Å²) in [5, 5.41) is 0. The molecule has 1 aliphatic heterocycles. The van der Waals surface area contributed by atoms with Crippen molar-refractivity contribution in [3.05, 3.63) is 0 Å². The molecule has 17 heavy (non-hydrogen) atoms. The Morgan fingerprint density at radius 3 is 2.47 bits per heavy atom. The third-order valence-electron chi connectivity index (χ3n) is 3.64. The van der Waals surface area contributed by atoms with E-state index >= 15 is 0 Å². The summed E-state index contributed by atoms with van der Waals surface area (Å²) in [6.07, 6.45) is 2.58. The van der Waals surface area contributed by atoms with Crippen LogP contribution in [0.2, 0.25) is 0 Å². The van der Waals surface area contributed by atoms with Crippen LogP contribution in [0.4, 0.5) is 0 Å². The summed E-state index contributed by atoms with van der Waals surface area (Å²) >= 11 is 0. The number of carbonyl (C=O) groups excluding carboxylic acids is 1. The first-order valence-electron chi connectivity index (χ1n) is 6.57. The van der Waals surface area contributed by atoms with Crippen molar-refractivity contribution in [1.29, 1.82) is 0 Å². The average molecular weight is 242 g/mol. The quantitative estimate of drug-likeness (QED) is 0.789. The Morgan fingerprint density at radius 1 is 1.41 bits per heavy atom. The van der Waals surface area contributed by atoms with Crippen LogP contribution in [0.5, 0.6) is 0 Å². The molecule has 0 spiro atoms. The number of piperidine rings is 1. The number of carbonyl (C=O) groups is 1. The zero-order valence-electron chi connectivity index (χ0n) is 11.3. The summed E-state index contributed by atoms with van der Waals surface area (Å²) in [6.45, 7) is 6.65. The highest BCUT2D eigenvalue weighted by Gasteiger charge is 2.24. The zero-order valence-corrected chi connectivity index (χ0v) is 11.3. The Kier molecular flexibility index (Phi) is 5.92. The van der Waals surface area contributed by atoms with Crippen LogP contribution in [0.15, 0.2) is 0 Å². The van der Waals surface area contributed by atoms with Gasteiger partial charge in [0.1, 0.15) is 0 Å². The molecule has 1 saturated heterocycles. The van der Waals surface area contributed by atoms with Gasteiger partial charge in [0, 0.05) is 39.3 Å². The molecular weight excluding hydrogens is 216 g/mol. The van der Waals surface area contributed by atoms with Crippen molar-refractivity contribution >= 4 is 5.91 Å². The van der Waals surface area contributed by atoms with E-state index in [-0.39, 0.29) is 11.9 Å². The molecule has 4 nitrogen and oxygen atoms in total. The number of ether oxygens (including phenoxy) is 1. The highest BCUT2D eigenvalue weighted by molar-refractivity contribution is 5.76. The number of likely N-dealkylation sites (tertiary alicyclic amines) is 1. The van der Waals surface area contributed by atoms with E-state index in [1.165, 1.54) is 0 Å². The minimum absolute atomic E-state index is 0.0146. The van der Waals surface area contributed by atoms with Crippen LogP contribution in [0, 0.1) is 11.8 Å². The molecule has 1 rings (SSSR count). The number of hydrogen-bond acceptors (Lipinski definition) is 3. The molecule has 0 aromatic rings. The second-order valence-corrected chi connectivity index (χ2v) is 5.39. The SMILES string of the molecule is COCC1CCN(C(=O)CC(N)C(C)C)CC1. The van der Waals surface area contributed by atoms with Crippen molar-refractivity contribution in [3.8, 4) is 0 Å². The molecule has 0 bridgehead atoms. The van der Waals surface area contributed by atoms with Gasteiger partial charge in [-0.2, -0.15) is 0 Å². The van der Waals surface area contributed by atoms with Crippen LogP contribution in [-0.2, 0) is 9.53 Å². The van der Waals surface area contributed by atoms with Gasteiger partial charge >= 0.3 is 0 Å². The highest BCUT2D eigenvalue weighted by Crippen LogP contribution is 2.18. The Balaban J connectivity index is 2.31. The molecule has 0 aromatic carbocycles. The van der Waals surface area contributed by atoms with E-state index in [0.29, 0.717) is 18.3 Å². The van der Waals surface area contributed by atoms with E-state index in [2.05, 4.69) is 13.8 Å². The molecule has 0 saturated carbocycles. The van der Waals surface area contributed by atoms with Crippen molar-refractivity contribution in [2.45, 2.75) is 39.2 Å². The smallest absolute Gasteiger partial charge is 0.224 e. The standard InChI is InChI=1S/C13H26N2O2/c1-10(2)12(14)8-13(16)15-6-4-11(5-7-15)9-17-3/h10-12H,4-9,14H2,1-3H3. The Morgan fingerprint density at radius 2 is 2.00 bits per heavy atom. The number of rotatable bonds is 5. The van der Waals surface area contributed by atoms with Gasteiger partial charge in [0.25, 0.3) is 0 Å². The minimum atomic E-state index is -0.0146. The van der Waals surface area contributed by atoms with Crippen molar-refractivity contribution in [3.63, 3.8) is 0 Å². The topological polar surface area (TPSA) is 55.6 Å². The van der Waals surface area contributed by atoms with Crippen LogP contribution in [-0.4, -0.2) is 43.7 Å². The molecule has 1 heterocycles. The van der Waals surface area contributed by atoms with Crippen LogP contribution < -0.4 is 5.73 Å². The van der Waals surface area contributed by atoms with Crippen LogP contribution in [0.25, 0.3) is 0 Å². The molecule has 0 aliphatic carbocycles. The second kappa shape index (κ2) is 6.97. The Bertz CT molecular complexity index is 236. The molecule has 0 radical (unpaired) electrons. The minimum Gasteiger partial charge on any atom is -0.384 e. The molecule has 1 aliphatic rings. The highest BCUT2D eigenvalue weighted by atomic mass is 16.5. The van der Waals surface area contributed by atoms with Crippen molar-refractivity contribution < 1.29 is 9.53 Å². The lowest BCUT2D eigenvalue weighted by molar-refractivity contribution is -0.133. The molecule has 1 atom stereocenters. The number of nitrogens with two attached hydrogens (primary N) is 1. The van der Waals surface area contributed by atoms with E-state index in [1.54, 1.807) is 7.11 Å². The predicted molar refractivity (Wildman–Crippen MR) is 68.6 cm³/mol. The average Bonchev–Trinajstić information content (AvgIpc) is 2.30. The summed E-state index contributed by atoms with van der Waals surface area (Å²) < 4.78 is 5.15. The number of hydrogen-bond donors (Lipinski definition) is 1. The van der Waals surface area contributed by atoms with E-state index in [0.717, 1.165) is 32.5 Å². The van der Waals surface area contributed by atoms with Crippen LogP contribution in [0.3, 0.4) is 0 Å².